The van der Waals surface area contributed by atoms with Crippen LogP contribution in [0.3, 0.4) is 0 Å². The van der Waals surface area contributed by atoms with Gasteiger partial charge in [0.05, 0.1) is 0 Å². The van der Waals surface area contributed by atoms with Gasteiger partial charge in [-0.1, -0.05) is 13.8 Å². The first-order chi connectivity index (χ1) is 7.65. The number of halogens is 1. The van der Waals surface area contributed by atoms with Crippen LogP contribution in [0, 0.1) is 11.8 Å². The van der Waals surface area contributed by atoms with Crippen molar-refractivity contribution < 1.29 is 4.74 Å². The maximum atomic E-state index is 5.87. The van der Waals surface area contributed by atoms with E-state index in [9.17, 15) is 0 Å². The molecule has 0 saturated heterocycles. The Hall–Kier alpha value is -0.640. The SMILES string of the molecule is CC1CCC(Oc2cc(Br)ncn2)CC1C. The van der Waals surface area contributed by atoms with E-state index >= 15 is 0 Å². The molecule has 1 heterocycles. The van der Waals surface area contributed by atoms with E-state index in [0.717, 1.165) is 29.3 Å². The lowest BCUT2D eigenvalue weighted by Crippen LogP contribution is -2.29. The highest BCUT2D eigenvalue weighted by Gasteiger charge is 2.25. The van der Waals surface area contributed by atoms with Crippen molar-refractivity contribution in [3.63, 3.8) is 0 Å². The van der Waals surface area contributed by atoms with Gasteiger partial charge in [-0.2, -0.15) is 0 Å². The van der Waals surface area contributed by atoms with Gasteiger partial charge >= 0.3 is 0 Å². The van der Waals surface area contributed by atoms with Crippen molar-refractivity contribution in [3.8, 4) is 5.88 Å². The molecule has 4 heteroatoms. The highest BCUT2D eigenvalue weighted by Crippen LogP contribution is 2.31. The van der Waals surface area contributed by atoms with Crippen LogP contribution in [0.25, 0.3) is 0 Å². The largest absolute Gasteiger partial charge is 0.474 e. The van der Waals surface area contributed by atoms with Crippen LogP contribution in [0.15, 0.2) is 17.0 Å². The van der Waals surface area contributed by atoms with Gasteiger partial charge < -0.3 is 4.74 Å². The fourth-order valence-electron chi connectivity index (χ4n) is 2.16. The van der Waals surface area contributed by atoms with Gasteiger partial charge in [-0.05, 0) is 47.0 Å². The Labute approximate surface area is 105 Å². The summed E-state index contributed by atoms with van der Waals surface area (Å²) in [5.41, 5.74) is 0. The van der Waals surface area contributed by atoms with E-state index in [4.69, 9.17) is 4.74 Å². The monoisotopic (exact) mass is 284 g/mol. The first-order valence-electron chi connectivity index (χ1n) is 5.79. The minimum atomic E-state index is 0.313. The molecule has 3 nitrogen and oxygen atoms in total. The summed E-state index contributed by atoms with van der Waals surface area (Å²) < 4.78 is 6.65. The molecule has 1 aromatic heterocycles. The fraction of sp³-hybridized carbons (Fsp3) is 0.667. The van der Waals surface area contributed by atoms with E-state index in [1.54, 1.807) is 0 Å². The number of hydrogen-bond donors (Lipinski definition) is 0. The molecule has 3 unspecified atom stereocenters. The second-order valence-corrected chi connectivity index (χ2v) is 5.50. The lowest BCUT2D eigenvalue weighted by atomic mass is 9.80. The summed E-state index contributed by atoms with van der Waals surface area (Å²) in [6, 6.07) is 1.82. The predicted octanol–water partition coefficient (Wildman–Crippen LogP) is 3.44. The highest BCUT2D eigenvalue weighted by molar-refractivity contribution is 9.10. The van der Waals surface area contributed by atoms with Gasteiger partial charge in [0.1, 0.15) is 17.0 Å². The topological polar surface area (TPSA) is 35.0 Å². The molecule has 88 valence electrons. The Morgan fingerprint density at radius 2 is 2.06 bits per heavy atom. The number of ether oxygens (including phenoxy) is 1. The van der Waals surface area contributed by atoms with Crippen molar-refractivity contribution in [2.75, 3.05) is 0 Å². The molecule has 0 amide bonds. The summed E-state index contributed by atoms with van der Waals surface area (Å²) in [5, 5.41) is 0. The third kappa shape index (κ3) is 2.94. The van der Waals surface area contributed by atoms with Crippen LogP contribution in [0.1, 0.15) is 33.1 Å². The molecule has 1 aliphatic rings. The van der Waals surface area contributed by atoms with Gasteiger partial charge in [-0.25, -0.2) is 9.97 Å². The minimum absolute atomic E-state index is 0.313. The molecule has 0 aromatic carbocycles. The zero-order valence-corrected chi connectivity index (χ0v) is 11.3. The quantitative estimate of drug-likeness (QED) is 0.781. The smallest absolute Gasteiger partial charge is 0.217 e. The second kappa shape index (κ2) is 5.13. The molecule has 3 atom stereocenters. The van der Waals surface area contributed by atoms with Gasteiger partial charge in [0.2, 0.25) is 5.88 Å². The van der Waals surface area contributed by atoms with Crippen molar-refractivity contribution in [2.24, 2.45) is 11.8 Å². The Bertz CT molecular complexity index is 359. The van der Waals surface area contributed by atoms with Crippen molar-refractivity contribution in [1.82, 2.24) is 9.97 Å². The Kier molecular flexibility index (Phi) is 3.79. The van der Waals surface area contributed by atoms with Crippen LogP contribution < -0.4 is 4.74 Å². The highest BCUT2D eigenvalue weighted by atomic mass is 79.9. The van der Waals surface area contributed by atoms with Gasteiger partial charge in [0.25, 0.3) is 0 Å². The summed E-state index contributed by atoms with van der Waals surface area (Å²) in [7, 11) is 0. The van der Waals surface area contributed by atoms with Gasteiger partial charge in [-0.3, -0.25) is 0 Å². The molecule has 1 aliphatic carbocycles. The van der Waals surface area contributed by atoms with E-state index in [0.29, 0.717) is 12.0 Å². The van der Waals surface area contributed by atoms with Crippen LogP contribution in [0.5, 0.6) is 5.88 Å². The van der Waals surface area contributed by atoms with Crippen LogP contribution in [0.2, 0.25) is 0 Å². The van der Waals surface area contributed by atoms with Gasteiger partial charge in [0.15, 0.2) is 0 Å². The van der Waals surface area contributed by atoms with Crippen LogP contribution in [-0.2, 0) is 0 Å². The Morgan fingerprint density at radius 1 is 1.25 bits per heavy atom. The Balaban J connectivity index is 1.95. The standard InChI is InChI=1S/C12H17BrN2O/c1-8-3-4-10(5-9(8)2)16-12-6-11(13)14-7-15-12/h6-10H,3-5H2,1-2H3. The molecule has 0 radical (unpaired) electrons. The maximum absolute atomic E-state index is 5.87. The molecule has 2 rings (SSSR count). The average Bonchev–Trinajstić information content (AvgIpc) is 2.24. The van der Waals surface area contributed by atoms with E-state index in [2.05, 4.69) is 39.7 Å². The molecular formula is C12H17BrN2O. The van der Waals surface area contributed by atoms with Gasteiger partial charge in [0, 0.05) is 6.07 Å². The zero-order chi connectivity index (χ0) is 11.5. The third-order valence-corrected chi connectivity index (χ3v) is 3.88. The van der Waals surface area contributed by atoms with Crippen molar-refractivity contribution in [1.29, 1.82) is 0 Å². The number of aromatic nitrogens is 2. The van der Waals surface area contributed by atoms with Gasteiger partial charge in [-0.15, -0.1) is 0 Å². The molecule has 1 aromatic rings. The first-order valence-corrected chi connectivity index (χ1v) is 6.58. The van der Waals surface area contributed by atoms with Crippen molar-refractivity contribution in [3.05, 3.63) is 17.0 Å². The average molecular weight is 285 g/mol. The number of nitrogens with zero attached hydrogens (tertiary/aromatic N) is 2. The van der Waals surface area contributed by atoms with Crippen molar-refractivity contribution >= 4 is 15.9 Å². The predicted molar refractivity (Wildman–Crippen MR) is 66.3 cm³/mol. The number of rotatable bonds is 2. The van der Waals surface area contributed by atoms with E-state index in [-0.39, 0.29) is 0 Å². The number of hydrogen-bond acceptors (Lipinski definition) is 3. The lowest BCUT2D eigenvalue weighted by Gasteiger charge is -2.31. The van der Waals surface area contributed by atoms with E-state index in [1.807, 2.05) is 6.07 Å². The zero-order valence-electron chi connectivity index (χ0n) is 9.69. The first kappa shape index (κ1) is 11.8. The van der Waals surface area contributed by atoms with Crippen LogP contribution in [-0.4, -0.2) is 16.1 Å². The summed E-state index contributed by atoms with van der Waals surface area (Å²) >= 11 is 3.32. The van der Waals surface area contributed by atoms with Crippen molar-refractivity contribution in [2.45, 2.75) is 39.2 Å². The van der Waals surface area contributed by atoms with E-state index in [1.165, 1.54) is 12.7 Å². The normalized spacial score (nSPS) is 30.1. The summed E-state index contributed by atoms with van der Waals surface area (Å²) in [4.78, 5) is 8.10. The molecular weight excluding hydrogens is 268 g/mol. The molecule has 0 bridgehead atoms. The van der Waals surface area contributed by atoms with Crippen LogP contribution in [0.4, 0.5) is 0 Å². The molecule has 1 saturated carbocycles. The molecule has 0 N–H and O–H groups in total. The van der Waals surface area contributed by atoms with E-state index < -0.39 is 0 Å². The Morgan fingerprint density at radius 3 is 2.75 bits per heavy atom. The fourth-order valence-corrected chi connectivity index (χ4v) is 2.45. The van der Waals surface area contributed by atoms with Crippen LogP contribution >= 0.6 is 15.9 Å². The maximum Gasteiger partial charge on any atom is 0.217 e. The molecule has 0 aliphatic heterocycles. The summed E-state index contributed by atoms with van der Waals surface area (Å²) in [6.07, 6.45) is 5.34. The summed E-state index contributed by atoms with van der Waals surface area (Å²) in [5.74, 6) is 2.23. The summed E-state index contributed by atoms with van der Waals surface area (Å²) in [6.45, 7) is 4.62. The second-order valence-electron chi connectivity index (χ2n) is 4.69. The molecule has 1 fully saturated rings. The molecule has 16 heavy (non-hydrogen) atoms. The lowest BCUT2D eigenvalue weighted by molar-refractivity contribution is 0.0962. The third-order valence-electron chi connectivity index (χ3n) is 3.45. The molecule has 0 spiro atoms. The minimum Gasteiger partial charge on any atom is -0.474 e.